The van der Waals surface area contributed by atoms with Crippen molar-refractivity contribution in [2.45, 2.75) is 19.9 Å². The zero-order chi connectivity index (χ0) is 19.9. The maximum absolute atomic E-state index is 12.6. The minimum atomic E-state index is -0.272. The second-order valence-corrected chi connectivity index (χ2v) is 7.03. The molecule has 0 bridgehead atoms. The van der Waals surface area contributed by atoms with Crippen molar-refractivity contribution in [2.24, 2.45) is 0 Å². The summed E-state index contributed by atoms with van der Waals surface area (Å²) in [5.74, 6) is 1.31. The number of carbonyl (C=O) groups excluding carboxylic acids is 1. The van der Waals surface area contributed by atoms with Crippen molar-refractivity contribution < 1.29 is 14.3 Å². The monoisotopic (exact) mass is 443 g/mol. The molecule has 3 aromatic rings. The van der Waals surface area contributed by atoms with Crippen molar-refractivity contribution in [1.29, 1.82) is 0 Å². The lowest BCUT2D eigenvalue weighted by Gasteiger charge is -2.13. The first-order valence-corrected chi connectivity index (χ1v) is 9.79. The van der Waals surface area contributed by atoms with Crippen molar-refractivity contribution in [3.8, 4) is 11.5 Å². The van der Waals surface area contributed by atoms with Crippen molar-refractivity contribution >= 4 is 27.7 Å². The summed E-state index contributed by atoms with van der Waals surface area (Å²) in [6.07, 6.45) is 2.71. The number of rotatable bonds is 8. The van der Waals surface area contributed by atoms with Crippen LogP contribution in [-0.4, -0.2) is 29.4 Å². The van der Waals surface area contributed by atoms with Gasteiger partial charge in [-0.2, -0.15) is 5.10 Å². The highest BCUT2D eigenvalue weighted by molar-refractivity contribution is 9.10. The number of hydrogen-bond donors (Lipinski definition) is 1. The molecule has 0 atom stereocenters. The molecule has 0 fully saturated rings. The molecule has 0 spiro atoms. The molecule has 1 N–H and O–H groups in total. The topological polar surface area (TPSA) is 65.4 Å². The Morgan fingerprint density at radius 3 is 2.71 bits per heavy atom. The second kappa shape index (κ2) is 9.41. The largest absolute Gasteiger partial charge is 0.493 e. The Labute approximate surface area is 172 Å². The molecule has 0 aliphatic heterocycles. The molecule has 7 heteroatoms. The van der Waals surface area contributed by atoms with Crippen LogP contribution >= 0.6 is 15.9 Å². The number of halogens is 1. The van der Waals surface area contributed by atoms with Gasteiger partial charge in [-0.1, -0.05) is 37.3 Å². The van der Waals surface area contributed by atoms with E-state index in [1.807, 2.05) is 43.5 Å². The number of carbonyl (C=O) groups is 1. The number of hydrogen-bond acceptors (Lipinski definition) is 4. The van der Waals surface area contributed by atoms with Crippen LogP contribution in [0.5, 0.6) is 11.5 Å². The summed E-state index contributed by atoms with van der Waals surface area (Å²) >= 11 is 3.46. The number of benzene rings is 2. The lowest BCUT2D eigenvalue weighted by Crippen LogP contribution is -2.13. The van der Waals surface area contributed by atoms with E-state index in [0.717, 1.165) is 12.0 Å². The Morgan fingerprint density at radius 1 is 1.21 bits per heavy atom. The van der Waals surface area contributed by atoms with Gasteiger partial charge in [0.1, 0.15) is 0 Å². The predicted octanol–water partition coefficient (Wildman–Crippen LogP) is 4.74. The number of nitrogens with one attached hydrogen (secondary N) is 1. The van der Waals surface area contributed by atoms with Crippen molar-refractivity contribution in [2.75, 3.05) is 19.0 Å². The molecule has 6 nitrogen and oxygen atoms in total. The second-order valence-electron chi connectivity index (χ2n) is 6.18. The van der Waals surface area contributed by atoms with Gasteiger partial charge in [0.25, 0.3) is 5.91 Å². The average molecular weight is 444 g/mol. The minimum Gasteiger partial charge on any atom is -0.493 e. The Balaban J connectivity index is 1.72. The maximum Gasteiger partial charge on any atom is 0.257 e. The van der Waals surface area contributed by atoms with Gasteiger partial charge < -0.3 is 14.8 Å². The van der Waals surface area contributed by atoms with E-state index in [9.17, 15) is 4.79 Å². The summed E-state index contributed by atoms with van der Waals surface area (Å²) in [4.78, 5) is 12.6. The van der Waals surface area contributed by atoms with Crippen LogP contribution in [0.2, 0.25) is 0 Å². The van der Waals surface area contributed by atoms with Crippen LogP contribution in [0.3, 0.4) is 0 Å². The first kappa shape index (κ1) is 19.9. The van der Waals surface area contributed by atoms with E-state index in [2.05, 4.69) is 26.3 Å². The number of methoxy groups -OCH3 is 1. The molecule has 0 aliphatic carbocycles. The molecule has 0 saturated heterocycles. The van der Waals surface area contributed by atoms with Gasteiger partial charge in [-0.15, -0.1) is 0 Å². The number of amides is 1. The molecule has 1 heterocycles. The zero-order valence-corrected chi connectivity index (χ0v) is 17.4. The molecule has 2 aromatic carbocycles. The highest BCUT2D eigenvalue weighted by atomic mass is 79.9. The lowest BCUT2D eigenvalue weighted by atomic mass is 10.2. The van der Waals surface area contributed by atoms with E-state index < -0.39 is 0 Å². The number of ether oxygens (including phenoxy) is 2. The van der Waals surface area contributed by atoms with Crippen LogP contribution in [0.1, 0.15) is 29.3 Å². The molecular formula is C21H22BrN3O3. The summed E-state index contributed by atoms with van der Waals surface area (Å²) in [6, 6.07) is 15.2. The molecule has 0 aliphatic rings. The van der Waals surface area contributed by atoms with Crippen LogP contribution in [0.15, 0.2) is 59.2 Å². The highest BCUT2D eigenvalue weighted by Gasteiger charge is 2.16. The molecule has 1 amide bonds. The first-order chi connectivity index (χ1) is 13.6. The number of aromatic nitrogens is 2. The van der Waals surface area contributed by atoms with Crippen LogP contribution in [0.25, 0.3) is 0 Å². The van der Waals surface area contributed by atoms with Gasteiger partial charge in [-0.05, 0) is 40.0 Å². The van der Waals surface area contributed by atoms with Crippen molar-refractivity contribution in [3.05, 3.63) is 70.3 Å². The summed E-state index contributed by atoms with van der Waals surface area (Å²) in [6.45, 7) is 3.23. The molecule has 146 valence electrons. The molecular weight excluding hydrogens is 422 g/mol. The first-order valence-electron chi connectivity index (χ1n) is 8.99. The summed E-state index contributed by atoms with van der Waals surface area (Å²) in [5, 5.41) is 7.23. The SMILES string of the molecule is CCCOc1c(Br)cc(C(=O)Nc2ccn(Cc3ccccc3)n2)cc1OC. The van der Waals surface area contributed by atoms with Crippen LogP contribution in [-0.2, 0) is 6.54 Å². The van der Waals surface area contributed by atoms with Gasteiger partial charge in [0, 0.05) is 17.8 Å². The minimum absolute atomic E-state index is 0.272. The normalized spacial score (nSPS) is 10.5. The van der Waals surface area contributed by atoms with Gasteiger partial charge in [-0.3, -0.25) is 9.48 Å². The van der Waals surface area contributed by atoms with E-state index in [4.69, 9.17) is 9.47 Å². The van der Waals surface area contributed by atoms with Crippen LogP contribution in [0.4, 0.5) is 5.82 Å². The van der Waals surface area contributed by atoms with Crippen molar-refractivity contribution in [3.63, 3.8) is 0 Å². The smallest absolute Gasteiger partial charge is 0.257 e. The highest BCUT2D eigenvalue weighted by Crippen LogP contribution is 2.37. The predicted molar refractivity (Wildman–Crippen MR) is 112 cm³/mol. The third-order valence-electron chi connectivity index (χ3n) is 4.01. The average Bonchev–Trinajstić information content (AvgIpc) is 3.13. The van der Waals surface area contributed by atoms with Gasteiger partial charge in [0.05, 0.1) is 24.7 Å². The number of anilines is 1. The molecule has 0 saturated carbocycles. The van der Waals surface area contributed by atoms with E-state index >= 15 is 0 Å². The van der Waals surface area contributed by atoms with Crippen LogP contribution in [0, 0.1) is 0 Å². The van der Waals surface area contributed by atoms with Gasteiger partial charge in [0.2, 0.25) is 0 Å². The van der Waals surface area contributed by atoms with E-state index in [0.29, 0.717) is 40.5 Å². The summed E-state index contributed by atoms with van der Waals surface area (Å²) < 4.78 is 13.5. The third-order valence-corrected chi connectivity index (χ3v) is 4.60. The van der Waals surface area contributed by atoms with E-state index in [-0.39, 0.29) is 5.91 Å². The molecule has 3 rings (SSSR count). The van der Waals surface area contributed by atoms with Crippen molar-refractivity contribution in [1.82, 2.24) is 9.78 Å². The Morgan fingerprint density at radius 2 is 2.00 bits per heavy atom. The fourth-order valence-corrected chi connectivity index (χ4v) is 3.23. The van der Waals surface area contributed by atoms with Gasteiger partial charge in [0.15, 0.2) is 17.3 Å². The Hall–Kier alpha value is -2.80. The zero-order valence-electron chi connectivity index (χ0n) is 15.8. The van der Waals surface area contributed by atoms with E-state index in [1.165, 1.54) is 0 Å². The standard InChI is InChI=1S/C21H22BrN3O3/c1-3-11-28-20-17(22)12-16(13-18(20)27-2)21(26)23-19-9-10-25(24-19)14-15-7-5-4-6-8-15/h4-10,12-13H,3,11,14H2,1-2H3,(H,23,24,26). The number of nitrogens with zero attached hydrogens (tertiary/aromatic N) is 2. The molecule has 0 radical (unpaired) electrons. The lowest BCUT2D eigenvalue weighted by molar-refractivity contribution is 0.102. The third kappa shape index (κ3) is 4.92. The molecule has 28 heavy (non-hydrogen) atoms. The van der Waals surface area contributed by atoms with Gasteiger partial charge >= 0.3 is 0 Å². The Bertz CT molecular complexity index is 941. The summed E-state index contributed by atoms with van der Waals surface area (Å²) in [7, 11) is 1.55. The maximum atomic E-state index is 12.6. The van der Waals surface area contributed by atoms with Gasteiger partial charge in [-0.25, -0.2) is 0 Å². The summed E-state index contributed by atoms with van der Waals surface area (Å²) in [5.41, 5.74) is 1.59. The fourth-order valence-electron chi connectivity index (χ4n) is 2.67. The quantitative estimate of drug-likeness (QED) is 0.545. The fraction of sp³-hybridized carbons (Fsp3) is 0.238. The van der Waals surface area contributed by atoms with Crippen LogP contribution < -0.4 is 14.8 Å². The Kier molecular flexibility index (Phi) is 6.71. The molecule has 0 unspecified atom stereocenters. The van der Waals surface area contributed by atoms with E-state index in [1.54, 1.807) is 30.0 Å². The molecule has 1 aromatic heterocycles.